The third-order valence-electron chi connectivity index (χ3n) is 3.81. The average molecular weight is 336 g/mol. The minimum absolute atomic E-state index is 0.181. The van der Waals surface area contributed by atoms with Crippen molar-refractivity contribution in [2.24, 2.45) is 0 Å². The summed E-state index contributed by atoms with van der Waals surface area (Å²) in [6.45, 7) is 2.65. The van der Waals surface area contributed by atoms with E-state index in [1.165, 1.54) is 0 Å². The molecule has 2 amide bonds. The van der Waals surface area contributed by atoms with Gasteiger partial charge in [-0.1, -0.05) is 37.6 Å². The van der Waals surface area contributed by atoms with Gasteiger partial charge in [-0.15, -0.1) is 0 Å². The Kier molecular flexibility index (Phi) is 5.09. The molecule has 1 aromatic carbocycles. The summed E-state index contributed by atoms with van der Waals surface area (Å²) in [6, 6.07) is 14.5. The van der Waals surface area contributed by atoms with E-state index in [4.69, 9.17) is 0 Å². The van der Waals surface area contributed by atoms with Gasteiger partial charge >= 0.3 is 0 Å². The van der Waals surface area contributed by atoms with Gasteiger partial charge in [0, 0.05) is 18.4 Å². The molecule has 0 bridgehead atoms. The summed E-state index contributed by atoms with van der Waals surface area (Å²) in [5, 5.41) is 5.65. The van der Waals surface area contributed by atoms with Gasteiger partial charge in [0.25, 0.3) is 11.8 Å². The maximum absolute atomic E-state index is 12.6. The van der Waals surface area contributed by atoms with E-state index >= 15 is 0 Å². The smallest absolute Gasteiger partial charge is 0.292 e. The van der Waals surface area contributed by atoms with Crippen LogP contribution in [0, 0.1) is 0 Å². The fraction of sp³-hybridized carbons (Fsp3) is 0.211. The van der Waals surface area contributed by atoms with Gasteiger partial charge < -0.3 is 10.6 Å². The van der Waals surface area contributed by atoms with Crippen LogP contribution in [0.15, 0.2) is 54.7 Å². The SMILES string of the molecule is CCCCNC(=O)c1nc(C(=O)Nc2ccccc2)n2ccccc12. The van der Waals surface area contributed by atoms with E-state index in [1.54, 1.807) is 34.9 Å². The molecule has 0 aliphatic heterocycles. The van der Waals surface area contributed by atoms with Gasteiger partial charge in [0.05, 0.1) is 5.52 Å². The van der Waals surface area contributed by atoms with Gasteiger partial charge in [0.1, 0.15) is 0 Å². The zero-order chi connectivity index (χ0) is 17.6. The van der Waals surface area contributed by atoms with Crippen LogP contribution in [-0.2, 0) is 0 Å². The predicted molar refractivity (Wildman–Crippen MR) is 96.8 cm³/mol. The maximum atomic E-state index is 12.6. The van der Waals surface area contributed by atoms with Crippen molar-refractivity contribution in [1.29, 1.82) is 0 Å². The van der Waals surface area contributed by atoms with E-state index in [2.05, 4.69) is 22.5 Å². The first kappa shape index (κ1) is 16.7. The van der Waals surface area contributed by atoms with Crippen LogP contribution >= 0.6 is 0 Å². The fourth-order valence-electron chi connectivity index (χ4n) is 2.54. The molecule has 0 saturated heterocycles. The van der Waals surface area contributed by atoms with Crippen LogP contribution in [0.2, 0.25) is 0 Å². The highest BCUT2D eigenvalue weighted by Crippen LogP contribution is 2.15. The van der Waals surface area contributed by atoms with Crippen LogP contribution in [0.5, 0.6) is 0 Å². The van der Waals surface area contributed by atoms with Crippen molar-refractivity contribution in [3.05, 3.63) is 66.2 Å². The quantitative estimate of drug-likeness (QED) is 0.679. The molecule has 6 heteroatoms. The highest BCUT2D eigenvalue weighted by Gasteiger charge is 2.21. The number of hydrogen-bond acceptors (Lipinski definition) is 3. The molecular formula is C19H20N4O2. The number of carbonyl (C=O) groups excluding carboxylic acids is 2. The molecule has 128 valence electrons. The number of nitrogens with zero attached hydrogens (tertiary/aromatic N) is 2. The molecule has 3 rings (SSSR count). The zero-order valence-electron chi connectivity index (χ0n) is 14.0. The average Bonchev–Trinajstić information content (AvgIpc) is 3.03. The van der Waals surface area contributed by atoms with Crippen LogP contribution in [0.1, 0.15) is 40.9 Å². The second kappa shape index (κ2) is 7.61. The van der Waals surface area contributed by atoms with Crippen LogP contribution in [-0.4, -0.2) is 27.7 Å². The van der Waals surface area contributed by atoms with Crippen LogP contribution in [0.4, 0.5) is 5.69 Å². The summed E-state index contributed by atoms with van der Waals surface area (Å²) in [5.41, 5.74) is 1.54. The maximum Gasteiger partial charge on any atom is 0.292 e. The number of nitrogens with one attached hydrogen (secondary N) is 2. The van der Waals surface area contributed by atoms with Crippen LogP contribution in [0.25, 0.3) is 5.52 Å². The fourth-order valence-corrected chi connectivity index (χ4v) is 2.54. The van der Waals surface area contributed by atoms with Crippen molar-refractivity contribution in [3.8, 4) is 0 Å². The van der Waals surface area contributed by atoms with Gasteiger partial charge in [-0.25, -0.2) is 4.98 Å². The molecule has 0 radical (unpaired) electrons. The molecule has 0 unspecified atom stereocenters. The Labute approximate surface area is 145 Å². The number of carbonyl (C=O) groups is 2. The number of para-hydroxylation sites is 1. The third kappa shape index (κ3) is 3.68. The van der Waals surface area contributed by atoms with Crippen molar-refractivity contribution in [2.75, 3.05) is 11.9 Å². The van der Waals surface area contributed by atoms with Gasteiger partial charge in [-0.2, -0.15) is 0 Å². The highest BCUT2D eigenvalue weighted by atomic mass is 16.2. The molecule has 0 fully saturated rings. The molecule has 6 nitrogen and oxygen atoms in total. The molecule has 2 N–H and O–H groups in total. The normalized spacial score (nSPS) is 10.6. The number of fused-ring (bicyclic) bond motifs is 1. The Morgan fingerprint density at radius 3 is 2.56 bits per heavy atom. The summed E-state index contributed by atoms with van der Waals surface area (Å²) < 4.78 is 1.63. The number of pyridine rings is 1. The van der Waals surface area contributed by atoms with Gasteiger partial charge in [0.2, 0.25) is 5.82 Å². The van der Waals surface area contributed by atoms with E-state index in [1.807, 2.05) is 24.3 Å². The first-order valence-corrected chi connectivity index (χ1v) is 8.32. The summed E-state index contributed by atoms with van der Waals surface area (Å²) in [4.78, 5) is 29.3. The molecular weight excluding hydrogens is 316 g/mol. The van der Waals surface area contributed by atoms with Crippen molar-refractivity contribution >= 4 is 23.0 Å². The second-order valence-corrected chi connectivity index (χ2v) is 5.67. The lowest BCUT2D eigenvalue weighted by Crippen LogP contribution is -2.25. The van der Waals surface area contributed by atoms with Crippen LogP contribution in [0.3, 0.4) is 0 Å². The monoisotopic (exact) mass is 336 g/mol. The van der Waals surface area contributed by atoms with E-state index in [-0.39, 0.29) is 23.3 Å². The number of amides is 2. The molecule has 2 heterocycles. The third-order valence-corrected chi connectivity index (χ3v) is 3.81. The molecule has 0 atom stereocenters. The van der Waals surface area contributed by atoms with E-state index in [0.717, 1.165) is 12.8 Å². The van der Waals surface area contributed by atoms with E-state index < -0.39 is 0 Å². The Morgan fingerprint density at radius 1 is 1.04 bits per heavy atom. The Morgan fingerprint density at radius 2 is 1.80 bits per heavy atom. The number of rotatable bonds is 6. The van der Waals surface area contributed by atoms with Crippen molar-refractivity contribution < 1.29 is 9.59 Å². The Balaban J connectivity index is 1.91. The number of anilines is 1. The molecule has 0 aliphatic carbocycles. The van der Waals surface area contributed by atoms with Crippen molar-refractivity contribution in [3.63, 3.8) is 0 Å². The largest absolute Gasteiger partial charge is 0.351 e. The minimum Gasteiger partial charge on any atom is -0.351 e. The van der Waals surface area contributed by atoms with Gasteiger partial charge in [-0.05, 0) is 30.7 Å². The summed E-state index contributed by atoms with van der Waals surface area (Å²) >= 11 is 0. The molecule has 0 spiro atoms. The second-order valence-electron chi connectivity index (χ2n) is 5.67. The van der Waals surface area contributed by atoms with Gasteiger partial charge in [-0.3, -0.25) is 14.0 Å². The summed E-state index contributed by atoms with van der Waals surface area (Å²) in [7, 11) is 0. The first-order valence-electron chi connectivity index (χ1n) is 8.32. The molecule has 25 heavy (non-hydrogen) atoms. The Hall–Kier alpha value is -3.15. The number of unbranched alkanes of at least 4 members (excludes halogenated alkanes) is 1. The molecule has 2 aromatic heterocycles. The lowest BCUT2D eigenvalue weighted by Gasteiger charge is -2.03. The van der Waals surface area contributed by atoms with Gasteiger partial charge in [0.15, 0.2) is 5.69 Å². The highest BCUT2D eigenvalue weighted by molar-refractivity contribution is 6.06. The Bertz CT molecular complexity index is 887. The molecule has 0 aliphatic rings. The number of aromatic nitrogens is 2. The topological polar surface area (TPSA) is 75.5 Å². The first-order chi connectivity index (χ1) is 12.2. The number of imidazole rings is 1. The van der Waals surface area contributed by atoms with E-state index in [9.17, 15) is 9.59 Å². The minimum atomic E-state index is -0.361. The molecule has 3 aromatic rings. The molecule has 0 saturated carbocycles. The van der Waals surface area contributed by atoms with Crippen LogP contribution < -0.4 is 10.6 Å². The standard InChI is InChI=1S/C19H20N4O2/c1-2-3-12-20-18(24)16-15-11-7-8-13-23(15)17(22-16)19(25)21-14-9-5-4-6-10-14/h4-11,13H,2-3,12H2,1H3,(H,20,24)(H,21,25). The number of hydrogen-bond donors (Lipinski definition) is 2. The van der Waals surface area contributed by atoms with Crippen molar-refractivity contribution in [2.45, 2.75) is 19.8 Å². The summed E-state index contributed by atoms with van der Waals surface area (Å²) in [5.74, 6) is -0.448. The van der Waals surface area contributed by atoms with E-state index in [0.29, 0.717) is 17.7 Å². The van der Waals surface area contributed by atoms with Crippen molar-refractivity contribution in [1.82, 2.24) is 14.7 Å². The predicted octanol–water partition coefficient (Wildman–Crippen LogP) is 3.12. The lowest BCUT2D eigenvalue weighted by molar-refractivity contribution is 0.0950. The summed E-state index contributed by atoms with van der Waals surface area (Å²) in [6.07, 6.45) is 3.62. The zero-order valence-corrected chi connectivity index (χ0v) is 14.0. The lowest BCUT2D eigenvalue weighted by atomic mass is 10.3. The number of benzene rings is 1.